The van der Waals surface area contributed by atoms with Crippen molar-refractivity contribution in [3.8, 4) is 22.3 Å². The summed E-state index contributed by atoms with van der Waals surface area (Å²) in [4.78, 5) is 0. The molecule has 0 bridgehead atoms. The Labute approximate surface area is 114 Å². The van der Waals surface area contributed by atoms with Gasteiger partial charge in [-0.15, -0.1) is 0 Å². The molecule has 3 aromatic rings. The average molecular weight is 243 g/mol. The summed E-state index contributed by atoms with van der Waals surface area (Å²) in [5, 5.41) is 0. The topological polar surface area (TPSA) is 0 Å². The highest BCUT2D eigenvalue weighted by Gasteiger charge is 2.09. The fourth-order valence-electron chi connectivity index (χ4n) is 2.44. The van der Waals surface area contributed by atoms with Gasteiger partial charge in [0.05, 0.1) is 0 Å². The summed E-state index contributed by atoms with van der Waals surface area (Å²) < 4.78 is 0. The second-order valence-electron chi connectivity index (χ2n) is 4.62. The summed E-state index contributed by atoms with van der Waals surface area (Å²) in [6.07, 6.45) is 0. The second-order valence-corrected chi connectivity index (χ2v) is 4.62. The molecule has 1 radical (unpaired) electrons. The van der Waals surface area contributed by atoms with Crippen LogP contribution in [-0.2, 0) is 0 Å². The molecule has 0 N–H and O–H groups in total. The van der Waals surface area contributed by atoms with E-state index in [-0.39, 0.29) is 0 Å². The van der Waals surface area contributed by atoms with Crippen LogP contribution in [0.1, 0.15) is 5.56 Å². The van der Waals surface area contributed by atoms with Crippen LogP contribution >= 0.6 is 0 Å². The van der Waals surface area contributed by atoms with E-state index in [4.69, 9.17) is 0 Å². The number of rotatable bonds is 2. The van der Waals surface area contributed by atoms with Crippen molar-refractivity contribution in [1.82, 2.24) is 0 Å². The fourth-order valence-corrected chi connectivity index (χ4v) is 2.44. The minimum absolute atomic E-state index is 1.19. The van der Waals surface area contributed by atoms with Gasteiger partial charge in [0, 0.05) is 0 Å². The third-order valence-corrected chi connectivity index (χ3v) is 3.34. The van der Waals surface area contributed by atoms with Crippen molar-refractivity contribution in [2.24, 2.45) is 0 Å². The third kappa shape index (κ3) is 2.30. The second kappa shape index (κ2) is 5.11. The molecule has 0 heterocycles. The molecule has 19 heavy (non-hydrogen) atoms. The van der Waals surface area contributed by atoms with Crippen LogP contribution in [0.2, 0.25) is 0 Å². The molecule has 0 saturated carbocycles. The van der Waals surface area contributed by atoms with Crippen LogP contribution in [0.4, 0.5) is 0 Å². The molecule has 0 aliphatic rings. The van der Waals surface area contributed by atoms with E-state index in [2.05, 4.69) is 67.6 Å². The van der Waals surface area contributed by atoms with E-state index in [0.29, 0.717) is 0 Å². The van der Waals surface area contributed by atoms with Gasteiger partial charge in [-0.3, -0.25) is 0 Å². The van der Waals surface area contributed by atoms with Crippen LogP contribution in [0.5, 0.6) is 0 Å². The van der Waals surface area contributed by atoms with Gasteiger partial charge in [-0.1, -0.05) is 72.8 Å². The zero-order valence-electron chi connectivity index (χ0n) is 10.9. The maximum atomic E-state index is 3.31. The highest BCUT2D eigenvalue weighted by atomic mass is 14.1. The maximum Gasteiger partial charge on any atom is -0.00699 e. The predicted molar refractivity (Wildman–Crippen MR) is 80.9 cm³/mol. The Morgan fingerprint density at radius 1 is 0.684 bits per heavy atom. The number of aryl methyl sites for hydroxylation is 1. The van der Waals surface area contributed by atoms with Crippen molar-refractivity contribution in [3.63, 3.8) is 0 Å². The number of hydrogen-bond donors (Lipinski definition) is 0. The van der Waals surface area contributed by atoms with E-state index >= 15 is 0 Å². The minimum Gasteiger partial charge on any atom is -0.0622 e. The van der Waals surface area contributed by atoms with Crippen LogP contribution in [0.3, 0.4) is 0 Å². The quantitative estimate of drug-likeness (QED) is 0.585. The molecule has 3 rings (SSSR count). The van der Waals surface area contributed by atoms with Crippen molar-refractivity contribution in [2.45, 2.75) is 6.92 Å². The highest BCUT2D eigenvalue weighted by Crippen LogP contribution is 2.34. The lowest BCUT2D eigenvalue weighted by Gasteiger charge is -2.13. The van der Waals surface area contributed by atoms with Crippen LogP contribution in [0.25, 0.3) is 22.3 Å². The first kappa shape index (κ1) is 11.7. The summed E-state index contributed by atoms with van der Waals surface area (Å²) in [7, 11) is 0. The molecular weight excluding hydrogens is 228 g/mol. The van der Waals surface area contributed by atoms with Gasteiger partial charge >= 0.3 is 0 Å². The highest BCUT2D eigenvalue weighted by molar-refractivity contribution is 5.85. The Hall–Kier alpha value is -2.34. The van der Waals surface area contributed by atoms with Crippen molar-refractivity contribution in [2.75, 3.05) is 0 Å². The van der Waals surface area contributed by atoms with Crippen molar-refractivity contribution < 1.29 is 0 Å². The minimum atomic E-state index is 1.19. The van der Waals surface area contributed by atoms with Crippen LogP contribution in [0, 0.1) is 13.0 Å². The molecule has 0 nitrogen and oxygen atoms in total. The number of hydrogen-bond acceptors (Lipinski definition) is 0. The molecule has 0 heteroatoms. The lowest BCUT2D eigenvalue weighted by atomic mass is 9.91. The van der Waals surface area contributed by atoms with Gasteiger partial charge < -0.3 is 0 Å². The van der Waals surface area contributed by atoms with Gasteiger partial charge in [-0.25, -0.2) is 0 Å². The first-order valence-electron chi connectivity index (χ1n) is 6.48. The molecule has 0 fully saturated rings. The molecule has 91 valence electrons. The van der Waals surface area contributed by atoms with Crippen molar-refractivity contribution in [3.05, 3.63) is 84.4 Å². The Kier molecular flexibility index (Phi) is 3.16. The summed E-state index contributed by atoms with van der Waals surface area (Å²) in [5.74, 6) is 0. The van der Waals surface area contributed by atoms with E-state index < -0.39 is 0 Å². The SMILES string of the molecule is Cc1[c]ccc(-c2ccccc2)c1-c1ccccc1. The predicted octanol–water partition coefficient (Wildman–Crippen LogP) is 5.13. The van der Waals surface area contributed by atoms with Gasteiger partial charge in [-0.05, 0) is 40.8 Å². The Balaban J connectivity index is 2.25. The van der Waals surface area contributed by atoms with E-state index in [1.807, 2.05) is 18.2 Å². The Morgan fingerprint density at radius 2 is 1.26 bits per heavy atom. The van der Waals surface area contributed by atoms with E-state index in [1.54, 1.807) is 0 Å². The van der Waals surface area contributed by atoms with Gasteiger partial charge in [-0.2, -0.15) is 0 Å². The van der Waals surface area contributed by atoms with E-state index in [0.717, 1.165) is 0 Å². The first-order valence-corrected chi connectivity index (χ1v) is 6.48. The van der Waals surface area contributed by atoms with Gasteiger partial charge in [0.25, 0.3) is 0 Å². The zero-order valence-corrected chi connectivity index (χ0v) is 10.9. The molecule has 0 saturated heterocycles. The largest absolute Gasteiger partial charge is 0.0622 e. The van der Waals surface area contributed by atoms with Gasteiger partial charge in [0.15, 0.2) is 0 Å². The smallest absolute Gasteiger partial charge is 0.00699 e. The van der Waals surface area contributed by atoms with Crippen LogP contribution in [0.15, 0.2) is 72.8 Å². The monoisotopic (exact) mass is 243 g/mol. The van der Waals surface area contributed by atoms with Crippen LogP contribution in [-0.4, -0.2) is 0 Å². The van der Waals surface area contributed by atoms with E-state index in [9.17, 15) is 0 Å². The normalized spacial score (nSPS) is 10.4. The third-order valence-electron chi connectivity index (χ3n) is 3.34. The van der Waals surface area contributed by atoms with Crippen LogP contribution < -0.4 is 0 Å². The lowest BCUT2D eigenvalue weighted by molar-refractivity contribution is 1.44. The van der Waals surface area contributed by atoms with Crippen molar-refractivity contribution >= 4 is 0 Å². The van der Waals surface area contributed by atoms with Crippen molar-refractivity contribution in [1.29, 1.82) is 0 Å². The molecule has 3 aromatic carbocycles. The summed E-state index contributed by atoms with van der Waals surface area (Å²) in [6, 6.07) is 28.5. The molecule has 0 atom stereocenters. The van der Waals surface area contributed by atoms with E-state index in [1.165, 1.54) is 27.8 Å². The fraction of sp³-hybridized carbons (Fsp3) is 0.0526. The Morgan fingerprint density at radius 3 is 1.89 bits per heavy atom. The first-order chi connectivity index (χ1) is 9.36. The molecular formula is C19H15. The summed E-state index contributed by atoms with van der Waals surface area (Å²) >= 11 is 0. The zero-order chi connectivity index (χ0) is 13.1. The standard InChI is InChI=1S/C19H15/c1-15-9-8-14-18(16-10-4-2-5-11-16)19(15)17-12-6-3-7-13-17/h2-8,10-14H,1H3. The average Bonchev–Trinajstić information content (AvgIpc) is 2.49. The van der Waals surface area contributed by atoms with Gasteiger partial charge in [0.2, 0.25) is 0 Å². The molecule has 0 spiro atoms. The molecule has 0 aromatic heterocycles. The maximum absolute atomic E-state index is 3.31. The molecule has 0 aliphatic carbocycles. The van der Waals surface area contributed by atoms with Gasteiger partial charge in [0.1, 0.15) is 0 Å². The molecule has 0 amide bonds. The summed E-state index contributed by atoms with van der Waals surface area (Å²) in [6.45, 7) is 2.12. The number of benzene rings is 3. The molecule has 0 unspecified atom stereocenters. The Bertz CT molecular complexity index is 667. The summed E-state index contributed by atoms with van der Waals surface area (Å²) in [5.41, 5.74) is 6.22. The lowest BCUT2D eigenvalue weighted by Crippen LogP contribution is -1.88. The molecule has 0 aliphatic heterocycles.